The molecule has 0 bridgehead atoms. The summed E-state index contributed by atoms with van der Waals surface area (Å²) < 4.78 is 36.8. The molecule has 0 amide bonds. The van der Waals surface area contributed by atoms with Crippen LogP contribution in [-0.2, 0) is 16.6 Å². The van der Waals surface area contributed by atoms with E-state index in [0.29, 0.717) is 39.8 Å². The summed E-state index contributed by atoms with van der Waals surface area (Å²) in [6.07, 6.45) is 1.40. The van der Waals surface area contributed by atoms with Crippen LogP contribution in [0.5, 0.6) is 11.5 Å². The largest absolute Gasteiger partial charge is 0.490 e. The minimum atomic E-state index is -3.74. The number of hydrogen-bond acceptors (Lipinski definition) is 5. The quantitative estimate of drug-likeness (QED) is 0.301. The van der Waals surface area contributed by atoms with Crippen molar-refractivity contribution in [3.8, 4) is 11.5 Å². The third kappa shape index (κ3) is 6.46. The molecule has 3 aromatic rings. The van der Waals surface area contributed by atoms with Crippen molar-refractivity contribution in [1.29, 1.82) is 0 Å². The van der Waals surface area contributed by atoms with Crippen molar-refractivity contribution in [2.24, 2.45) is 5.10 Å². The zero-order valence-corrected chi connectivity index (χ0v) is 19.7. The smallest absolute Gasteiger partial charge is 0.276 e. The van der Waals surface area contributed by atoms with Gasteiger partial charge in [-0.1, -0.05) is 41.9 Å². The number of nitrogens with one attached hydrogen (secondary N) is 1. The highest BCUT2D eigenvalue weighted by molar-refractivity contribution is 9.10. The molecule has 0 aromatic heterocycles. The van der Waals surface area contributed by atoms with Crippen molar-refractivity contribution in [3.05, 3.63) is 87.4 Å². The number of benzene rings is 3. The van der Waals surface area contributed by atoms with E-state index >= 15 is 0 Å². The van der Waals surface area contributed by atoms with Gasteiger partial charge in [0.25, 0.3) is 10.0 Å². The first kappa shape index (κ1) is 23.1. The monoisotopic (exact) mass is 522 g/mol. The van der Waals surface area contributed by atoms with Crippen molar-refractivity contribution < 1.29 is 17.9 Å². The van der Waals surface area contributed by atoms with Crippen molar-refractivity contribution in [2.75, 3.05) is 6.61 Å². The molecule has 0 unspecified atom stereocenters. The fraction of sp³-hybridized carbons (Fsp3) is 0.136. The van der Waals surface area contributed by atoms with E-state index < -0.39 is 10.0 Å². The van der Waals surface area contributed by atoms with E-state index in [0.717, 1.165) is 5.56 Å². The summed E-state index contributed by atoms with van der Waals surface area (Å²) in [5.41, 5.74) is 1.59. The Morgan fingerprint density at radius 3 is 2.45 bits per heavy atom. The summed E-state index contributed by atoms with van der Waals surface area (Å²) >= 11 is 9.41. The first-order valence-corrected chi connectivity index (χ1v) is 12.0. The predicted molar refractivity (Wildman–Crippen MR) is 125 cm³/mol. The Labute approximate surface area is 195 Å². The highest BCUT2D eigenvalue weighted by Crippen LogP contribution is 2.37. The summed E-state index contributed by atoms with van der Waals surface area (Å²) in [6.45, 7) is 2.64. The summed E-state index contributed by atoms with van der Waals surface area (Å²) in [5.74, 6) is 1.05. The van der Waals surface area contributed by atoms with E-state index in [4.69, 9.17) is 21.1 Å². The fourth-order valence-electron chi connectivity index (χ4n) is 2.62. The Hall–Kier alpha value is -2.55. The Morgan fingerprint density at radius 1 is 1.06 bits per heavy atom. The highest BCUT2D eigenvalue weighted by Gasteiger charge is 2.14. The number of ether oxygens (including phenoxy) is 2. The van der Waals surface area contributed by atoms with Crippen LogP contribution in [-0.4, -0.2) is 21.2 Å². The van der Waals surface area contributed by atoms with Gasteiger partial charge in [-0.25, -0.2) is 4.83 Å². The molecular formula is C22H20BrClN2O4S. The molecule has 3 aromatic carbocycles. The second-order valence-corrected chi connectivity index (χ2v) is 9.30. The molecule has 1 N–H and O–H groups in total. The van der Waals surface area contributed by atoms with Crippen LogP contribution in [0.1, 0.15) is 18.1 Å². The van der Waals surface area contributed by atoms with E-state index in [1.165, 1.54) is 18.3 Å². The first-order valence-electron chi connectivity index (χ1n) is 9.32. The molecule has 0 fully saturated rings. The lowest BCUT2D eigenvalue weighted by molar-refractivity contribution is 0.267. The van der Waals surface area contributed by atoms with Gasteiger partial charge >= 0.3 is 0 Å². The second kappa shape index (κ2) is 10.7. The van der Waals surface area contributed by atoms with Crippen LogP contribution in [0.15, 0.2) is 81.2 Å². The maximum atomic E-state index is 12.3. The Morgan fingerprint density at radius 2 is 1.77 bits per heavy atom. The lowest BCUT2D eigenvalue weighted by atomic mass is 10.2. The van der Waals surface area contributed by atoms with Gasteiger partial charge in [0, 0.05) is 5.02 Å². The van der Waals surface area contributed by atoms with Gasteiger partial charge in [-0.3, -0.25) is 0 Å². The van der Waals surface area contributed by atoms with Crippen LogP contribution in [0.2, 0.25) is 5.02 Å². The molecule has 31 heavy (non-hydrogen) atoms. The lowest BCUT2D eigenvalue weighted by Crippen LogP contribution is -2.18. The second-order valence-electron chi connectivity index (χ2n) is 6.34. The third-order valence-electron chi connectivity index (χ3n) is 4.07. The number of hydrogen-bond donors (Lipinski definition) is 1. The van der Waals surface area contributed by atoms with Crippen molar-refractivity contribution in [3.63, 3.8) is 0 Å². The summed E-state index contributed by atoms with van der Waals surface area (Å²) in [4.78, 5) is 2.34. The lowest BCUT2D eigenvalue weighted by Gasteiger charge is -2.14. The summed E-state index contributed by atoms with van der Waals surface area (Å²) in [6, 6.07) is 18.9. The third-order valence-corrected chi connectivity index (χ3v) is 6.15. The van der Waals surface area contributed by atoms with Crippen molar-refractivity contribution in [2.45, 2.75) is 18.4 Å². The molecule has 0 aliphatic rings. The average molecular weight is 524 g/mol. The number of nitrogens with zero attached hydrogens (tertiary/aromatic N) is 1. The molecule has 9 heteroatoms. The molecule has 0 aliphatic carbocycles. The van der Waals surface area contributed by atoms with Crippen LogP contribution in [0.3, 0.4) is 0 Å². The van der Waals surface area contributed by atoms with Crippen molar-refractivity contribution >= 4 is 43.8 Å². The zero-order valence-electron chi connectivity index (χ0n) is 16.6. The topological polar surface area (TPSA) is 77.0 Å². The van der Waals surface area contributed by atoms with Crippen LogP contribution in [0.4, 0.5) is 0 Å². The van der Waals surface area contributed by atoms with Gasteiger partial charge in [0.1, 0.15) is 6.61 Å². The zero-order chi connectivity index (χ0) is 22.3. The number of hydrazone groups is 1. The maximum absolute atomic E-state index is 12.3. The van der Waals surface area contributed by atoms with Crippen LogP contribution in [0, 0.1) is 0 Å². The van der Waals surface area contributed by atoms with Gasteiger partial charge < -0.3 is 9.47 Å². The molecule has 0 saturated carbocycles. The van der Waals surface area contributed by atoms with E-state index in [-0.39, 0.29) is 4.90 Å². The first-order chi connectivity index (χ1) is 14.9. The van der Waals surface area contributed by atoms with Crippen molar-refractivity contribution in [1.82, 2.24) is 4.83 Å². The van der Waals surface area contributed by atoms with E-state index in [1.807, 2.05) is 19.1 Å². The number of halogens is 2. The maximum Gasteiger partial charge on any atom is 0.276 e. The Balaban J connectivity index is 1.76. The molecule has 0 atom stereocenters. The molecule has 0 aliphatic heterocycles. The summed E-state index contributed by atoms with van der Waals surface area (Å²) in [7, 11) is -3.74. The normalized spacial score (nSPS) is 11.5. The number of rotatable bonds is 9. The molecule has 0 radical (unpaired) electrons. The van der Waals surface area contributed by atoms with E-state index in [9.17, 15) is 8.42 Å². The van der Waals surface area contributed by atoms with Gasteiger partial charge in [0.15, 0.2) is 11.5 Å². The highest BCUT2D eigenvalue weighted by atomic mass is 79.9. The van der Waals surface area contributed by atoms with E-state index in [1.54, 1.807) is 42.5 Å². The molecule has 0 saturated heterocycles. The molecule has 0 spiro atoms. The van der Waals surface area contributed by atoms with Crippen LogP contribution < -0.4 is 14.3 Å². The summed E-state index contributed by atoms with van der Waals surface area (Å²) in [5, 5.41) is 4.53. The molecular weight excluding hydrogens is 504 g/mol. The minimum Gasteiger partial charge on any atom is -0.490 e. The standard InChI is InChI=1S/C22H20BrClN2O4S/c1-2-29-21-13-17(14-25-26-31(27,28)19-6-4-3-5-7-19)12-20(23)22(21)30-15-16-8-10-18(24)11-9-16/h3-14,26H,2,15H2,1H3/b25-14-. The van der Waals surface area contributed by atoms with Crippen LogP contribution in [0.25, 0.3) is 0 Å². The Bertz CT molecular complexity index is 1150. The molecule has 6 nitrogen and oxygen atoms in total. The van der Waals surface area contributed by atoms with Crippen LogP contribution >= 0.6 is 27.5 Å². The SMILES string of the molecule is CCOc1cc(/C=N\NS(=O)(=O)c2ccccc2)cc(Br)c1OCc1ccc(Cl)cc1. The molecule has 3 rings (SSSR count). The fourth-order valence-corrected chi connectivity index (χ4v) is 4.14. The van der Waals surface area contributed by atoms with Gasteiger partial charge in [-0.05, 0) is 70.4 Å². The van der Waals surface area contributed by atoms with Gasteiger partial charge in [0.05, 0.1) is 22.2 Å². The average Bonchev–Trinajstić information content (AvgIpc) is 2.75. The van der Waals surface area contributed by atoms with Gasteiger partial charge in [0.2, 0.25) is 0 Å². The number of sulfonamides is 1. The Kier molecular flexibility index (Phi) is 7.95. The minimum absolute atomic E-state index is 0.134. The van der Waals surface area contributed by atoms with E-state index in [2.05, 4.69) is 25.9 Å². The molecule has 0 heterocycles. The van der Waals surface area contributed by atoms with Gasteiger partial charge in [-0.2, -0.15) is 13.5 Å². The van der Waals surface area contributed by atoms with Gasteiger partial charge in [-0.15, -0.1) is 0 Å². The predicted octanol–water partition coefficient (Wildman–Crippen LogP) is 5.39. The molecule has 162 valence electrons.